The van der Waals surface area contributed by atoms with Gasteiger partial charge in [0.25, 0.3) is 0 Å². The van der Waals surface area contributed by atoms with Crippen molar-refractivity contribution in [2.45, 2.75) is 46.6 Å². The van der Waals surface area contributed by atoms with Crippen LogP contribution in [0.25, 0.3) is 0 Å². The van der Waals surface area contributed by atoms with Gasteiger partial charge >= 0.3 is 6.03 Å². The van der Waals surface area contributed by atoms with Crippen molar-refractivity contribution in [1.29, 1.82) is 0 Å². The molecule has 0 aliphatic carbocycles. The Balaban J connectivity index is 1.84. The van der Waals surface area contributed by atoms with Crippen LogP contribution in [0, 0.1) is 19.8 Å². The average Bonchev–Trinajstić information content (AvgIpc) is 2.91. The number of halogens is 1. The number of hydrogen-bond donors (Lipinski definition) is 2. The lowest BCUT2D eigenvalue weighted by atomic mass is 10.1. The van der Waals surface area contributed by atoms with E-state index in [1.54, 1.807) is 0 Å². The van der Waals surface area contributed by atoms with Crippen LogP contribution < -0.4 is 10.6 Å². The molecule has 0 saturated carbocycles. The highest BCUT2D eigenvalue weighted by atomic mass is 79.9. The number of aryl methyl sites for hydroxylation is 2. The van der Waals surface area contributed by atoms with Crippen LogP contribution >= 0.6 is 15.9 Å². The van der Waals surface area contributed by atoms with Crippen LogP contribution in [-0.4, -0.2) is 36.1 Å². The summed E-state index contributed by atoms with van der Waals surface area (Å²) in [6.07, 6.45) is 1.15. The Kier molecular flexibility index (Phi) is 5.74. The van der Waals surface area contributed by atoms with E-state index in [-0.39, 0.29) is 11.6 Å². The Morgan fingerprint density at radius 3 is 2.61 bits per heavy atom. The van der Waals surface area contributed by atoms with Gasteiger partial charge in [-0.25, -0.2) is 4.79 Å². The molecule has 1 fully saturated rings. The molecule has 0 bridgehead atoms. The predicted octanol–water partition coefficient (Wildman–Crippen LogP) is 4.31. The smallest absolute Gasteiger partial charge is 0.319 e. The van der Waals surface area contributed by atoms with Crippen molar-refractivity contribution in [3.05, 3.63) is 27.7 Å². The number of hydrogen-bond acceptors (Lipinski definition) is 2. The van der Waals surface area contributed by atoms with E-state index in [0.717, 1.165) is 41.8 Å². The molecule has 2 N–H and O–H groups in total. The second kappa shape index (κ2) is 7.22. The minimum atomic E-state index is -0.127. The van der Waals surface area contributed by atoms with Crippen molar-refractivity contribution in [3.63, 3.8) is 0 Å². The van der Waals surface area contributed by atoms with Crippen LogP contribution in [0.2, 0.25) is 0 Å². The second-order valence-corrected chi connectivity index (χ2v) is 8.38. The van der Waals surface area contributed by atoms with Crippen LogP contribution in [0.15, 0.2) is 16.6 Å². The zero-order valence-corrected chi connectivity index (χ0v) is 16.4. The zero-order valence-electron chi connectivity index (χ0n) is 14.8. The maximum absolute atomic E-state index is 12.1. The SMILES string of the molecule is Cc1cc(C)c(NC(=O)NCC2CCN(C(C)(C)C)C2)cc1Br. The minimum Gasteiger partial charge on any atom is -0.338 e. The summed E-state index contributed by atoms with van der Waals surface area (Å²) < 4.78 is 1.01. The number of carbonyl (C=O) groups is 1. The van der Waals surface area contributed by atoms with Gasteiger partial charge < -0.3 is 10.6 Å². The van der Waals surface area contributed by atoms with Gasteiger partial charge in [-0.05, 0) is 70.7 Å². The van der Waals surface area contributed by atoms with Gasteiger partial charge in [0.2, 0.25) is 0 Å². The quantitative estimate of drug-likeness (QED) is 0.818. The van der Waals surface area contributed by atoms with Gasteiger partial charge in [0, 0.05) is 28.8 Å². The molecular formula is C18H28BrN3O. The van der Waals surface area contributed by atoms with E-state index in [1.807, 2.05) is 19.9 Å². The van der Waals surface area contributed by atoms with E-state index in [9.17, 15) is 4.79 Å². The molecular weight excluding hydrogens is 354 g/mol. The van der Waals surface area contributed by atoms with Crippen molar-refractivity contribution in [2.75, 3.05) is 25.0 Å². The standard InChI is InChI=1S/C18H28BrN3O/c1-12-8-13(2)16(9-15(12)19)21-17(23)20-10-14-6-7-22(11-14)18(3,4)5/h8-9,14H,6-7,10-11H2,1-5H3,(H2,20,21,23). The number of nitrogens with one attached hydrogen (secondary N) is 2. The fraction of sp³-hybridized carbons (Fsp3) is 0.611. The van der Waals surface area contributed by atoms with Gasteiger partial charge in [-0.2, -0.15) is 0 Å². The van der Waals surface area contributed by atoms with Gasteiger partial charge in [-0.15, -0.1) is 0 Å². The van der Waals surface area contributed by atoms with E-state index in [1.165, 1.54) is 5.56 Å². The first-order valence-corrected chi connectivity index (χ1v) is 9.03. The number of urea groups is 1. The molecule has 2 amide bonds. The maximum atomic E-state index is 12.1. The van der Waals surface area contributed by atoms with Crippen molar-refractivity contribution < 1.29 is 4.79 Å². The third kappa shape index (κ3) is 4.95. The van der Waals surface area contributed by atoms with Gasteiger partial charge in [0.15, 0.2) is 0 Å². The second-order valence-electron chi connectivity index (χ2n) is 7.52. The van der Waals surface area contributed by atoms with Crippen molar-refractivity contribution in [2.24, 2.45) is 5.92 Å². The fourth-order valence-electron chi connectivity index (χ4n) is 2.97. The Labute approximate surface area is 148 Å². The molecule has 0 aromatic heterocycles. The lowest BCUT2D eigenvalue weighted by Crippen LogP contribution is -2.40. The van der Waals surface area contributed by atoms with E-state index >= 15 is 0 Å². The molecule has 1 aliphatic heterocycles. The normalized spacial score (nSPS) is 19.0. The first kappa shape index (κ1) is 18.3. The zero-order chi connectivity index (χ0) is 17.2. The Morgan fingerprint density at radius 2 is 2.00 bits per heavy atom. The molecule has 1 aromatic rings. The molecule has 0 radical (unpaired) electrons. The summed E-state index contributed by atoms with van der Waals surface area (Å²) in [5, 5.41) is 5.96. The third-order valence-electron chi connectivity index (χ3n) is 4.54. The Bertz CT molecular complexity index is 580. The molecule has 4 nitrogen and oxygen atoms in total. The summed E-state index contributed by atoms with van der Waals surface area (Å²) in [7, 11) is 0. The number of benzene rings is 1. The van der Waals surface area contributed by atoms with E-state index in [0.29, 0.717) is 5.92 Å². The molecule has 2 rings (SSSR count). The number of nitrogens with zero attached hydrogens (tertiary/aromatic N) is 1. The first-order valence-electron chi connectivity index (χ1n) is 8.23. The summed E-state index contributed by atoms with van der Waals surface area (Å²) in [5.74, 6) is 0.533. The van der Waals surface area contributed by atoms with E-state index in [4.69, 9.17) is 0 Å². The lowest BCUT2D eigenvalue weighted by Gasteiger charge is -2.31. The summed E-state index contributed by atoms with van der Waals surface area (Å²) >= 11 is 3.51. The molecule has 23 heavy (non-hydrogen) atoms. The van der Waals surface area contributed by atoms with Crippen molar-refractivity contribution in [3.8, 4) is 0 Å². The topological polar surface area (TPSA) is 44.4 Å². The number of anilines is 1. The predicted molar refractivity (Wildman–Crippen MR) is 100 cm³/mol. The maximum Gasteiger partial charge on any atom is 0.319 e. The molecule has 1 unspecified atom stereocenters. The van der Waals surface area contributed by atoms with Gasteiger partial charge in [0.05, 0.1) is 0 Å². The Morgan fingerprint density at radius 1 is 1.30 bits per heavy atom. The molecule has 0 spiro atoms. The molecule has 1 atom stereocenters. The highest BCUT2D eigenvalue weighted by Gasteiger charge is 2.30. The average molecular weight is 382 g/mol. The Hall–Kier alpha value is -1.07. The van der Waals surface area contributed by atoms with Crippen LogP contribution in [-0.2, 0) is 0 Å². The van der Waals surface area contributed by atoms with Gasteiger partial charge in [0.1, 0.15) is 0 Å². The highest BCUT2D eigenvalue weighted by molar-refractivity contribution is 9.10. The first-order chi connectivity index (χ1) is 10.7. The minimum absolute atomic E-state index is 0.127. The largest absolute Gasteiger partial charge is 0.338 e. The van der Waals surface area contributed by atoms with E-state index in [2.05, 4.69) is 58.3 Å². The lowest BCUT2D eigenvalue weighted by molar-refractivity contribution is 0.168. The van der Waals surface area contributed by atoms with Crippen LogP contribution in [0.4, 0.5) is 10.5 Å². The molecule has 1 aromatic carbocycles. The van der Waals surface area contributed by atoms with Crippen LogP contribution in [0.5, 0.6) is 0 Å². The summed E-state index contributed by atoms with van der Waals surface area (Å²) in [4.78, 5) is 14.6. The van der Waals surface area contributed by atoms with Crippen molar-refractivity contribution >= 4 is 27.6 Å². The number of rotatable bonds is 3. The number of likely N-dealkylation sites (tertiary alicyclic amines) is 1. The van der Waals surface area contributed by atoms with Crippen LogP contribution in [0.3, 0.4) is 0 Å². The molecule has 1 saturated heterocycles. The summed E-state index contributed by atoms with van der Waals surface area (Å²) in [6, 6.07) is 3.90. The molecule has 128 valence electrons. The fourth-order valence-corrected chi connectivity index (χ4v) is 3.32. The summed E-state index contributed by atoms with van der Waals surface area (Å²) in [5.41, 5.74) is 3.30. The number of carbonyl (C=O) groups excluding carboxylic acids is 1. The molecule has 1 heterocycles. The number of amides is 2. The molecule has 5 heteroatoms. The third-order valence-corrected chi connectivity index (χ3v) is 5.39. The van der Waals surface area contributed by atoms with Crippen LogP contribution in [0.1, 0.15) is 38.3 Å². The summed E-state index contributed by atoms with van der Waals surface area (Å²) in [6.45, 7) is 13.7. The van der Waals surface area contributed by atoms with Gasteiger partial charge in [-0.1, -0.05) is 22.0 Å². The molecule has 1 aliphatic rings. The monoisotopic (exact) mass is 381 g/mol. The van der Waals surface area contributed by atoms with Crippen molar-refractivity contribution in [1.82, 2.24) is 10.2 Å². The van der Waals surface area contributed by atoms with Gasteiger partial charge in [-0.3, -0.25) is 4.90 Å². The highest BCUT2D eigenvalue weighted by Crippen LogP contribution is 2.25. The van der Waals surface area contributed by atoms with E-state index < -0.39 is 0 Å².